The van der Waals surface area contributed by atoms with Gasteiger partial charge in [0.25, 0.3) is 0 Å². The Labute approximate surface area is 225 Å². The quantitative estimate of drug-likeness (QED) is 0.433. The first-order valence-corrected chi connectivity index (χ1v) is 12.7. The molecule has 0 saturated carbocycles. The van der Waals surface area contributed by atoms with Crippen molar-refractivity contribution in [3.63, 3.8) is 0 Å². The second-order valence-corrected chi connectivity index (χ2v) is 9.76. The zero-order valence-electron chi connectivity index (χ0n) is 20.4. The number of nitrogens with zero attached hydrogens (tertiary/aromatic N) is 4. The van der Waals surface area contributed by atoms with Gasteiger partial charge in [-0.1, -0.05) is 29.3 Å². The van der Waals surface area contributed by atoms with Crippen molar-refractivity contribution in [3.8, 4) is 5.75 Å². The number of carbonyl (C=O) groups excluding carboxylic acids is 1. The van der Waals surface area contributed by atoms with E-state index in [4.69, 9.17) is 42.1 Å². The van der Waals surface area contributed by atoms with E-state index in [2.05, 4.69) is 9.88 Å². The number of halogens is 2. The zero-order valence-corrected chi connectivity index (χ0v) is 21.9. The molecular weight excluding hydrogens is 519 g/mol. The van der Waals surface area contributed by atoms with Gasteiger partial charge in [-0.3, -0.25) is 0 Å². The fourth-order valence-electron chi connectivity index (χ4n) is 4.59. The molecule has 2 saturated heterocycles. The normalized spacial score (nSPS) is 21.8. The van der Waals surface area contributed by atoms with E-state index in [1.165, 1.54) is 7.11 Å². The highest BCUT2D eigenvalue weighted by molar-refractivity contribution is 6.35. The van der Waals surface area contributed by atoms with Gasteiger partial charge in [-0.15, -0.1) is 0 Å². The van der Waals surface area contributed by atoms with Crippen molar-refractivity contribution in [2.24, 2.45) is 0 Å². The molecule has 0 bridgehead atoms. The van der Waals surface area contributed by atoms with Gasteiger partial charge in [0.05, 0.1) is 31.6 Å². The van der Waals surface area contributed by atoms with E-state index in [1.807, 2.05) is 41.1 Å². The van der Waals surface area contributed by atoms with E-state index in [-0.39, 0.29) is 12.2 Å². The first-order chi connectivity index (χ1) is 18.0. The van der Waals surface area contributed by atoms with E-state index >= 15 is 0 Å². The Hall–Kier alpha value is -2.98. The molecule has 5 rings (SSSR count). The molecule has 0 N–H and O–H groups in total. The lowest BCUT2D eigenvalue weighted by Gasteiger charge is -2.35. The van der Waals surface area contributed by atoms with Crippen molar-refractivity contribution in [1.82, 2.24) is 14.5 Å². The second kappa shape index (κ2) is 11.2. The lowest BCUT2D eigenvalue weighted by Crippen LogP contribution is -2.48. The summed E-state index contributed by atoms with van der Waals surface area (Å²) in [7, 11) is 1.41. The summed E-state index contributed by atoms with van der Waals surface area (Å²) in [5.41, 5.74) is 1.78. The maximum Gasteiger partial charge on any atom is 0.409 e. The number of benzene rings is 2. The summed E-state index contributed by atoms with van der Waals surface area (Å²) in [6.07, 6.45) is 4.67. The standard InChI is InChI=1S/C26H28Cl2N4O5/c1-34-25(33)32-12-10-31(11-13-32)20-3-5-21(6-4-20)35-15-22-16-36-26(37-22,17-30-9-8-29-18-30)23-7-2-19(27)14-24(23)28/h2-9,14,18,22H,10-13,15-17H2,1H3/t22-,26-/m1/s1. The Bertz CT molecular complexity index is 1200. The van der Waals surface area contributed by atoms with Crippen molar-refractivity contribution < 1.29 is 23.7 Å². The number of aromatic nitrogens is 2. The molecule has 37 heavy (non-hydrogen) atoms. The van der Waals surface area contributed by atoms with Crippen LogP contribution in [0.5, 0.6) is 5.75 Å². The third-order valence-corrected chi connectivity index (χ3v) is 7.05. The number of ether oxygens (including phenoxy) is 4. The molecule has 0 radical (unpaired) electrons. The molecular formula is C26H28Cl2N4O5. The van der Waals surface area contributed by atoms with Crippen LogP contribution in [-0.2, 0) is 26.5 Å². The topological polar surface area (TPSA) is 78.3 Å². The molecule has 2 aliphatic rings. The van der Waals surface area contributed by atoms with Gasteiger partial charge in [-0.2, -0.15) is 0 Å². The number of amides is 1. The lowest BCUT2D eigenvalue weighted by molar-refractivity contribution is -0.189. The highest BCUT2D eigenvalue weighted by atomic mass is 35.5. The van der Waals surface area contributed by atoms with Gasteiger partial charge in [0, 0.05) is 54.8 Å². The Kier molecular flexibility index (Phi) is 7.76. The van der Waals surface area contributed by atoms with Crippen LogP contribution in [0.15, 0.2) is 61.2 Å². The molecule has 3 aromatic rings. The summed E-state index contributed by atoms with van der Waals surface area (Å²) in [5.74, 6) is -0.357. The van der Waals surface area contributed by atoms with Crippen molar-refractivity contribution in [2.45, 2.75) is 18.4 Å². The van der Waals surface area contributed by atoms with E-state index in [9.17, 15) is 4.79 Å². The summed E-state index contributed by atoms with van der Waals surface area (Å²) >= 11 is 12.7. The van der Waals surface area contributed by atoms with Gasteiger partial charge in [0.15, 0.2) is 0 Å². The number of hydrogen-bond donors (Lipinski definition) is 0. The molecule has 2 fully saturated rings. The molecule has 2 aromatic carbocycles. The number of imidazole rings is 1. The molecule has 2 atom stereocenters. The molecule has 11 heteroatoms. The monoisotopic (exact) mass is 546 g/mol. The zero-order chi connectivity index (χ0) is 25.8. The van der Waals surface area contributed by atoms with Crippen molar-refractivity contribution >= 4 is 35.0 Å². The van der Waals surface area contributed by atoms with Crippen LogP contribution in [0.1, 0.15) is 5.56 Å². The predicted octanol–water partition coefficient (Wildman–Crippen LogP) is 4.43. The van der Waals surface area contributed by atoms with Crippen LogP contribution in [0.4, 0.5) is 10.5 Å². The average Bonchev–Trinajstić information content (AvgIpc) is 3.58. The smallest absolute Gasteiger partial charge is 0.409 e. The van der Waals surface area contributed by atoms with Crippen molar-refractivity contribution in [2.75, 3.05) is 51.4 Å². The van der Waals surface area contributed by atoms with Gasteiger partial charge in [-0.25, -0.2) is 9.78 Å². The molecule has 2 aliphatic heterocycles. The van der Waals surface area contributed by atoms with E-state index < -0.39 is 5.79 Å². The maximum absolute atomic E-state index is 11.7. The van der Waals surface area contributed by atoms with Crippen LogP contribution in [0.3, 0.4) is 0 Å². The minimum atomic E-state index is -1.09. The molecule has 0 unspecified atom stereocenters. The largest absolute Gasteiger partial charge is 0.491 e. The first kappa shape index (κ1) is 25.7. The molecule has 3 heterocycles. The number of hydrogen-bond acceptors (Lipinski definition) is 7. The summed E-state index contributed by atoms with van der Waals surface area (Å²) in [6, 6.07) is 13.2. The van der Waals surface area contributed by atoms with Crippen LogP contribution < -0.4 is 9.64 Å². The number of carbonyl (C=O) groups is 1. The lowest BCUT2D eigenvalue weighted by atomic mass is 10.1. The maximum atomic E-state index is 11.7. The molecule has 1 amide bonds. The molecule has 0 spiro atoms. The number of rotatable bonds is 7. The first-order valence-electron chi connectivity index (χ1n) is 12.0. The minimum absolute atomic E-state index is 0.283. The summed E-state index contributed by atoms with van der Waals surface area (Å²) in [5, 5.41) is 1.01. The third-order valence-electron chi connectivity index (χ3n) is 6.50. The van der Waals surface area contributed by atoms with E-state index in [0.29, 0.717) is 48.5 Å². The number of piperazine rings is 1. The summed E-state index contributed by atoms with van der Waals surface area (Å²) in [6.45, 7) is 3.78. The van der Waals surface area contributed by atoms with Gasteiger partial charge >= 0.3 is 6.09 Å². The van der Waals surface area contributed by atoms with Crippen molar-refractivity contribution in [1.29, 1.82) is 0 Å². The minimum Gasteiger partial charge on any atom is -0.491 e. The number of methoxy groups -OCH3 is 1. The van der Waals surface area contributed by atoms with Crippen molar-refractivity contribution in [3.05, 3.63) is 76.8 Å². The average molecular weight is 547 g/mol. The molecule has 196 valence electrons. The third kappa shape index (κ3) is 5.80. The molecule has 9 nitrogen and oxygen atoms in total. The highest BCUT2D eigenvalue weighted by Crippen LogP contribution is 2.40. The van der Waals surface area contributed by atoms with Crippen LogP contribution in [-0.4, -0.2) is 73.2 Å². The van der Waals surface area contributed by atoms with E-state index in [1.54, 1.807) is 29.6 Å². The molecule has 0 aliphatic carbocycles. The van der Waals surface area contributed by atoms with Gasteiger partial charge in [-0.05, 0) is 36.4 Å². The summed E-state index contributed by atoms with van der Waals surface area (Å²) in [4.78, 5) is 19.8. The van der Waals surface area contributed by atoms with Crippen LogP contribution in [0, 0.1) is 0 Å². The summed E-state index contributed by atoms with van der Waals surface area (Å²) < 4.78 is 25.4. The second-order valence-electron chi connectivity index (χ2n) is 8.91. The van der Waals surface area contributed by atoms with Crippen LogP contribution >= 0.6 is 23.2 Å². The Morgan fingerprint density at radius 3 is 2.59 bits per heavy atom. The SMILES string of the molecule is COC(=O)N1CCN(c2ccc(OC[C@@H]3CO[C@@](Cn4ccnc4)(c4ccc(Cl)cc4Cl)O3)cc2)CC1. The Morgan fingerprint density at radius 2 is 1.92 bits per heavy atom. The van der Waals surface area contributed by atoms with Gasteiger partial charge in [0.2, 0.25) is 5.79 Å². The number of anilines is 1. The van der Waals surface area contributed by atoms with Gasteiger partial charge in [0.1, 0.15) is 18.5 Å². The highest BCUT2D eigenvalue weighted by Gasteiger charge is 2.45. The van der Waals surface area contributed by atoms with Crippen LogP contribution in [0.25, 0.3) is 0 Å². The predicted molar refractivity (Wildman–Crippen MR) is 139 cm³/mol. The fraction of sp³-hybridized carbons (Fsp3) is 0.385. The fourth-order valence-corrected chi connectivity index (χ4v) is 5.15. The van der Waals surface area contributed by atoms with Crippen LogP contribution in [0.2, 0.25) is 10.0 Å². The Balaban J connectivity index is 1.20. The van der Waals surface area contributed by atoms with E-state index in [0.717, 1.165) is 24.5 Å². The molecule has 1 aromatic heterocycles. The van der Waals surface area contributed by atoms with Gasteiger partial charge < -0.3 is 33.3 Å². The Morgan fingerprint density at radius 1 is 1.14 bits per heavy atom.